The van der Waals surface area contributed by atoms with Gasteiger partial charge in [-0.05, 0) is 30.9 Å². The fourth-order valence-corrected chi connectivity index (χ4v) is 2.38. The Hall–Kier alpha value is -1.03. The quantitative estimate of drug-likeness (QED) is 0.769. The highest BCUT2D eigenvalue weighted by molar-refractivity contribution is 6.28. The first-order valence-electron chi connectivity index (χ1n) is 6.71. The number of nitrogens with zero attached hydrogens (tertiary/aromatic N) is 4. The van der Waals surface area contributed by atoms with Crippen LogP contribution in [0.5, 0.6) is 0 Å². The first kappa shape index (κ1) is 13.4. The van der Waals surface area contributed by atoms with Gasteiger partial charge < -0.3 is 9.80 Å². The molecule has 0 bridgehead atoms. The highest BCUT2D eigenvalue weighted by Gasteiger charge is 2.16. The molecule has 0 atom stereocenters. The number of anilines is 2. The van der Waals surface area contributed by atoms with Gasteiger partial charge in [0.05, 0.1) is 0 Å². The summed E-state index contributed by atoms with van der Waals surface area (Å²) >= 11 is 6.03. The third-order valence-electron chi connectivity index (χ3n) is 3.34. The summed E-state index contributed by atoms with van der Waals surface area (Å²) in [5.41, 5.74) is 0. The molecular weight excluding hydrogens is 248 g/mol. The fraction of sp³-hybridized carbons (Fsp3) is 0.692. The Balaban J connectivity index is 2.14. The third-order valence-corrected chi connectivity index (χ3v) is 3.51. The van der Waals surface area contributed by atoms with E-state index in [0.29, 0.717) is 5.28 Å². The van der Waals surface area contributed by atoms with E-state index in [9.17, 15) is 0 Å². The number of aromatic nitrogens is 2. The molecule has 1 aromatic rings. The van der Waals surface area contributed by atoms with E-state index in [1.807, 2.05) is 6.07 Å². The molecule has 4 nitrogen and oxygen atoms in total. The van der Waals surface area contributed by atoms with Gasteiger partial charge >= 0.3 is 0 Å². The monoisotopic (exact) mass is 268 g/mol. The minimum atomic E-state index is 0.345. The van der Waals surface area contributed by atoms with Gasteiger partial charge in [0.25, 0.3) is 0 Å². The summed E-state index contributed by atoms with van der Waals surface area (Å²) in [7, 11) is 2.06. The van der Waals surface area contributed by atoms with Gasteiger partial charge in [0.2, 0.25) is 5.28 Å². The van der Waals surface area contributed by atoms with E-state index < -0.39 is 0 Å². The molecule has 0 spiro atoms. The van der Waals surface area contributed by atoms with Gasteiger partial charge in [-0.2, -0.15) is 0 Å². The van der Waals surface area contributed by atoms with E-state index in [2.05, 4.69) is 33.7 Å². The molecule has 0 N–H and O–H groups in total. The topological polar surface area (TPSA) is 32.3 Å². The molecule has 0 amide bonds. The van der Waals surface area contributed by atoms with E-state index in [1.165, 1.54) is 19.3 Å². The molecule has 1 aliphatic heterocycles. The number of halogens is 1. The van der Waals surface area contributed by atoms with Crippen molar-refractivity contribution in [1.29, 1.82) is 0 Å². The zero-order chi connectivity index (χ0) is 13.0. The van der Waals surface area contributed by atoms with E-state index >= 15 is 0 Å². The van der Waals surface area contributed by atoms with E-state index in [-0.39, 0.29) is 0 Å². The fourth-order valence-electron chi connectivity index (χ4n) is 2.21. The lowest BCUT2D eigenvalue weighted by molar-refractivity contribution is 0.757. The van der Waals surface area contributed by atoms with Crippen LogP contribution in [0.15, 0.2) is 6.07 Å². The second-order valence-corrected chi connectivity index (χ2v) is 5.16. The zero-order valence-corrected chi connectivity index (χ0v) is 11.9. The molecule has 2 heterocycles. The first-order chi connectivity index (χ1) is 8.70. The second kappa shape index (κ2) is 6.23. The summed E-state index contributed by atoms with van der Waals surface area (Å²) in [6, 6.07) is 2.05. The van der Waals surface area contributed by atoms with Crippen molar-refractivity contribution in [3.63, 3.8) is 0 Å². The Morgan fingerprint density at radius 1 is 1.33 bits per heavy atom. The summed E-state index contributed by atoms with van der Waals surface area (Å²) in [4.78, 5) is 13.1. The van der Waals surface area contributed by atoms with Gasteiger partial charge in [0, 0.05) is 32.7 Å². The first-order valence-corrected chi connectivity index (χ1v) is 7.09. The summed E-state index contributed by atoms with van der Waals surface area (Å²) in [6.07, 6.45) is 4.82. The maximum atomic E-state index is 6.03. The molecule has 1 saturated heterocycles. The van der Waals surface area contributed by atoms with Gasteiger partial charge in [-0.1, -0.05) is 13.3 Å². The Bertz CT molecular complexity index is 391. The van der Waals surface area contributed by atoms with Gasteiger partial charge in [0.1, 0.15) is 11.6 Å². The third kappa shape index (κ3) is 3.25. The number of rotatable bonds is 5. The minimum Gasteiger partial charge on any atom is -0.359 e. The SMILES string of the molecule is CCCCN(C)c1cc(N2CCCC2)nc(Cl)n1. The standard InChI is InChI=1S/C13H21ClN4/c1-3-4-7-17(2)11-10-12(16-13(14)15-11)18-8-5-6-9-18/h10H,3-9H2,1-2H3. The van der Waals surface area contributed by atoms with Crippen molar-refractivity contribution in [3.8, 4) is 0 Å². The molecule has 0 aromatic carbocycles. The maximum Gasteiger partial charge on any atom is 0.226 e. The predicted octanol–water partition coefficient (Wildman–Crippen LogP) is 2.97. The van der Waals surface area contributed by atoms with Crippen LogP contribution in [0.3, 0.4) is 0 Å². The second-order valence-electron chi connectivity index (χ2n) is 4.82. The molecule has 1 aromatic heterocycles. The van der Waals surface area contributed by atoms with Crippen molar-refractivity contribution in [1.82, 2.24) is 9.97 Å². The summed E-state index contributed by atoms with van der Waals surface area (Å²) in [6.45, 7) is 5.34. The van der Waals surface area contributed by atoms with Crippen molar-refractivity contribution in [2.75, 3.05) is 36.5 Å². The van der Waals surface area contributed by atoms with Gasteiger partial charge in [0.15, 0.2) is 0 Å². The van der Waals surface area contributed by atoms with Gasteiger partial charge in [-0.25, -0.2) is 9.97 Å². The minimum absolute atomic E-state index is 0.345. The van der Waals surface area contributed by atoms with Crippen LogP contribution in [0.2, 0.25) is 5.28 Å². The van der Waals surface area contributed by atoms with Crippen LogP contribution in [0, 0.1) is 0 Å². The lowest BCUT2D eigenvalue weighted by Crippen LogP contribution is -2.23. The Kier molecular flexibility index (Phi) is 4.64. The average molecular weight is 269 g/mol. The van der Waals surface area contributed by atoms with Crippen LogP contribution in [-0.2, 0) is 0 Å². The van der Waals surface area contributed by atoms with Crippen molar-refractivity contribution in [2.24, 2.45) is 0 Å². The van der Waals surface area contributed by atoms with Crippen molar-refractivity contribution >= 4 is 23.2 Å². The molecule has 0 unspecified atom stereocenters. The van der Waals surface area contributed by atoms with Crippen LogP contribution in [0.25, 0.3) is 0 Å². The van der Waals surface area contributed by atoms with Crippen LogP contribution in [0.1, 0.15) is 32.6 Å². The molecular formula is C13H21ClN4. The van der Waals surface area contributed by atoms with Crippen LogP contribution in [0.4, 0.5) is 11.6 Å². The largest absolute Gasteiger partial charge is 0.359 e. The Morgan fingerprint density at radius 2 is 2.06 bits per heavy atom. The molecule has 18 heavy (non-hydrogen) atoms. The van der Waals surface area contributed by atoms with Crippen molar-refractivity contribution in [3.05, 3.63) is 11.3 Å². The molecule has 5 heteroatoms. The Morgan fingerprint density at radius 3 is 2.72 bits per heavy atom. The molecule has 100 valence electrons. The number of unbranched alkanes of at least 4 members (excludes halogenated alkanes) is 1. The van der Waals surface area contributed by atoms with Crippen LogP contribution >= 0.6 is 11.6 Å². The summed E-state index contributed by atoms with van der Waals surface area (Å²) in [5, 5.41) is 0.345. The lowest BCUT2D eigenvalue weighted by Gasteiger charge is -2.21. The van der Waals surface area contributed by atoms with Crippen molar-refractivity contribution in [2.45, 2.75) is 32.6 Å². The van der Waals surface area contributed by atoms with E-state index in [4.69, 9.17) is 11.6 Å². The molecule has 0 aliphatic carbocycles. The molecule has 2 rings (SSSR count). The molecule has 1 fully saturated rings. The van der Waals surface area contributed by atoms with Crippen LogP contribution < -0.4 is 9.80 Å². The molecule has 0 saturated carbocycles. The lowest BCUT2D eigenvalue weighted by atomic mass is 10.3. The van der Waals surface area contributed by atoms with Gasteiger partial charge in [-0.3, -0.25) is 0 Å². The number of hydrogen-bond donors (Lipinski definition) is 0. The summed E-state index contributed by atoms with van der Waals surface area (Å²) < 4.78 is 0. The highest BCUT2D eigenvalue weighted by Crippen LogP contribution is 2.23. The van der Waals surface area contributed by atoms with Crippen LogP contribution in [-0.4, -0.2) is 36.6 Å². The normalized spacial score (nSPS) is 15.2. The Labute approximate surface area is 114 Å². The van der Waals surface area contributed by atoms with Crippen molar-refractivity contribution < 1.29 is 0 Å². The molecule has 1 aliphatic rings. The van der Waals surface area contributed by atoms with E-state index in [0.717, 1.165) is 37.7 Å². The smallest absolute Gasteiger partial charge is 0.226 e. The molecule has 0 radical (unpaired) electrons. The highest BCUT2D eigenvalue weighted by atomic mass is 35.5. The number of hydrogen-bond acceptors (Lipinski definition) is 4. The zero-order valence-electron chi connectivity index (χ0n) is 11.2. The summed E-state index contributed by atoms with van der Waals surface area (Å²) in [5.74, 6) is 1.89. The van der Waals surface area contributed by atoms with E-state index in [1.54, 1.807) is 0 Å². The average Bonchev–Trinajstić information content (AvgIpc) is 2.89. The van der Waals surface area contributed by atoms with Gasteiger partial charge in [-0.15, -0.1) is 0 Å². The predicted molar refractivity (Wildman–Crippen MR) is 76.7 cm³/mol. The maximum absolute atomic E-state index is 6.03.